The second kappa shape index (κ2) is 5.02. The lowest BCUT2D eigenvalue weighted by Gasteiger charge is -2.04. The Bertz CT molecular complexity index is 893. The van der Waals surface area contributed by atoms with Crippen LogP contribution in [0.4, 0.5) is 5.69 Å². The van der Waals surface area contributed by atoms with Crippen LogP contribution in [0.2, 0.25) is 0 Å². The largest absolute Gasteiger partial charge is 0.497 e. The number of ether oxygens (including phenoxy) is 1. The van der Waals surface area contributed by atoms with Crippen molar-refractivity contribution in [2.75, 3.05) is 7.11 Å². The number of H-pyrrole nitrogens is 2. The predicted molar refractivity (Wildman–Crippen MR) is 82.9 cm³/mol. The van der Waals surface area contributed by atoms with E-state index in [0.717, 1.165) is 11.3 Å². The van der Waals surface area contributed by atoms with Gasteiger partial charge in [0.05, 0.1) is 12.8 Å². The Kier molecular flexibility index (Phi) is 3.19. The molecule has 0 fully saturated rings. The molecule has 3 N–H and O–H groups in total. The highest BCUT2D eigenvalue weighted by Gasteiger charge is 2.15. The van der Waals surface area contributed by atoms with Crippen LogP contribution < -0.4 is 10.3 Å². The van der Waals surface area contributed by atoms with Crippen LogP contribution in [0.3, 0.4) is 0 Å². The monoisotopic (exact) mass is 301 g/mol. The summed E-state index contributed by atoms with van der Waals surface area (Å²) in [5, 5.41) is 9.83. The molecule has 0 aliphatic carbocycles. The second-order valence-corrected chi connectivity index (χ2v) is 4.82. The summed E-state index contributed by atoms with van der Waals surface area (Å²) in [4.78, 5) is 21.1. The quantitative estimate of drug-likeness (QED) is 0.743. The van der Waals surface area contributed by atoms with E-state index in [9.17, 15) is 9.90 Å². The highest BCUT2D eigenvalue weighted by Crippen LogP contribution is 2.35. The van der Waals surface area contributed by atoms with Crippen molar-refractivity contribution in [3.05, 3.63) is 44.5 Å². The van der Waals surface area contributed by atoms with Gasteiger partial charge in [0, 0.05) is 17.4 Å². The van der Waals surface area contributed by atoms with Crippen molar-refractivity contribution in [1.29, 1.82) is 0 Å². The zero-order valence-corrected chi connectivity index (χ0v) is 11.8. The molecule has 21 heavy (non-hydrogen) atoms. The second-order valence-electron chi connectivity index (χ2n) is 4.41. The molecule has 1 aliphatic heterocycles. The van der Waals surface area contributed by atoms with E-state index in [4.69, 9.17) is 17.0 Å². The number of benzene rings is 1. The molecule has 1 aromatic heterocycles. The van der Waals surface area contributed by atoms with Crippen molar-refractivity contribution >= 4 is 35.8 Å². The molecule has 3 rings (SSSR count). The molecule has 0 radical (unpaired) electrons. The number of rotatable bonds is 2. The van der Waals surface area contributed by atoms with Crippen molar-refractivity contribution in [1.82, 2.24) is 9.97 Å². The van der Waals surface area contributed by atoms with Crippen molar-refractivity contribution in [2.45, 2.75) is 0 Å². The first-order chi connectivity index (χ1) is 10.1. The number of aromatic amines is 2. The van der Waals surface area contributed by atoms with E-state index in [1.165, 1.54) is 0 Å². The van der Waals surface area contributed by atoms with Crippen LogP contribution in [0.1, 0.15) is 11.1 Å². The van der Waals surface area contributed by atoms with Crippen LogP contribution in [-0.2, 0) is 0 Å². The summed E-state index contributed by atoms with van der Waals surface area (Å²) in [6.07, 6.45) is 3.18. The van der Waals surface area contributed by atoms with Crippen molar-refractivity contribution in [3.63, 3.8) is 0 Å². The molecule has 0 amide bonds. The number of nitrogens with one attached hydrogen (secondary N) is 2. The van der Waals surface area contributed by atoms with Crippen molar-refractivity contribution in [3.8, 4) is 11.6 Å². The summed E-state index contributed by atoms with van der Waals surface area (Å²) < 4.78 is 5.25. The van der Waals surface area contributed by atoms with Gasteiger partial charge < -0.3 is 14.8 Å². The number of hydrogen-bond acceptors (Lipinski definition) is 5. The molecule has 106 valence electrons. The molecule has 0 saturated carbocycles. The van der Waals surface area contributed by atoms with Gasteiger partial charge in [-0.05, 0) is 36.5 Å². The first-order valence-corrected chi connectivity index (χ1v) is 6.49. The lowest BCUT2D eigenvalue weighted by atomic mass is 10.0. The summed E-state index contributed by atoms with van der Waals surface area (Å²) in [5.74, 6) is 0.414. The van der Waals surface area contributed by atoms with E-state index >= 15 is 0 Å². The van der Waals surface area contributed by atoms with Gasteiger partial charge in [0.2, 0.25) is 5.88 Å². The fraction of sp³-hybridized carbons (Fsp3) is 0.0714. The van der Waals surface area contributed by atoms with Gasteiger partial charge in [-0.3, -0.25) is 14.8 Å². The lowest BCUT2D eigenvalue weighted by molar-refractivity contribution is 0.415. The van der Waals surface area contributed by atoms with Gasteiger partial charge in [-0.2, -0.15) is 0 Å². The zero-order valence-electron chi connectivity index (χ0n) is 11.0. The molecule has 0 unspecified atom stereocenters. The number of methoxy groups -OCH3 is 1. The minimum Gasteiger partial charge on any atom is -0.497 e. The van der Waals surface area contributed by atoms with E-state index in [-0.39, 0.29) is 16.2 Å². The molecule has 1 aliphatic rings. The third kappa shape index (κ3) is 2.38. The van der Waals surface area contributed by atoms with Gasteiger partial charge in [0.15, 0.2) is 4.77 Å². The fourth-order valence-electron chi connectivity index (χ4n) is 2.08. The number of nitrogens with zero attached hydrogens (tertiary/aromatic N) is 1. The SMILES string of the molecule is COc1ccc2c(c1)C(=Cc1c(O)[nH]c(=S)[nH]c1=O)C=N2. The number of aromatic hydroxyl groups is 1. The maximum Gasteiger partial charge on any atom is 0.262 e. The summed E-state index contributed by atoms with van der Waals surface area (Å²) in [6.45, 7) is 0. The van der Waals surface area contributed by atoms with Gasteiger partial charge in [-0.1, -0.05) is 0 Å². The van der Waals surface area contributed by atoms with Crippen LogP contribution in [0, 0.1) is 4.77 Å². The smallest absolute Gasteiger partial charge is 0.262 e. The van der Waals surface area contributed by atoms with Gasteiger partial charge in [-0.15, -0.1) is 0 Å². The molecule has 0 atom stereocenters. The summed E-state index contributed by atoms with van der Waals surface area (Å²) in [6, 6.07) is 5.46. The molecule has 0 spiro atoms. The van der Waals surface area contributed by atoms with Gasteiger partial charge >= 0.3 is 0 Å². The molecule has 0 saturated heterocycles. The van der Waals surface area contributed by atoms with Crippen molar-refractivity contribution in [2.24, 2.45) is 4.99 Å². The highest BCUT2D eigenvalue weighted by molar-refractivity contribution is 7.71. The molecular weight excluding hydrogens is 290 g/mol. The lowest BCUT2D eigenvalue weighted by Crippen LogP contribution is -2.11. The molecule has 0 bridgehead atoms. The molecule has 7 heteroatoms. The maximum absolute atomic E-state index is 11.9. The molecule has 6 nitrogen and oxygen atoms in total. The van der Waals surface area contributed by atoms with E-state index in [1.54, 1.807) is 19.4 Å². The highest BCUT2D eigenvalue weighted by atomic mass is 32.1. The summed E-state index contributed by atoms with van der Waals surface area (Å²) in [7, 11) is 1.58. The zero-order chi connectivity index (χ0) is 15.0. The average molecular weight is 301 g/mol. The van der Waals surface area contributed by atoms with E-state index in [2.05, 4.69) is 15.0 Å². The minimum atomic E-state index is -0.464. The van der Waals surface area contributed by atoms with E-state index in [1.807, 2.05) is 18.2 Å². The van der Waals surface area contributed by atoms with Crippen LogP contribution in [0.5, 0.6) is 11.6 Å². The van der Waals surface area contributed by atoms with Gasteiger partial charge in [-0.25, -0.2) is 0 Å². The molecule has 1 aromatic carbocycles. The molecule has 2 heterocycles. The van der Waals surface area contributed by atoms with Gasteiger partial charge in [0.1, 0.15) is 11.3 Å². The normalized spacial score (nSPS) is 14.4. The Morgan fingerprint density at radius 1 is 1.38 bits per heavy atom. The Balaban J connectivity index is 2.15. The van der Waals surface area contributed by atoms with Crippen LogP contribution in [0.15, 0.2) is 28.0 Å². The third-order valence-electron chi connectivity index (χ3n) is 3.12. The fourth-order valence-corrected chi connectivity index (χ4v) is 2.27. The Morgan fingerprint density at radius 3 is 2.90 bits per heavy atom. The number of allylic oxidation sites excluding steroid dienone is 1. The molecule has 2 aromatic rings. The summed E-state index contributed by atoms with van der Waals surface area (Å²) in [5.41, 5.74) is 1.95. The first-order valence-electron chi connectivity index (χ1n) is 6.08. The standard InChI is InChI=1S/C14H11N3O3S/c1-20-8-2-3-11-9(5-8)7(6-15-11)4-10-12(18)16-14(21)17-13(10)19/h2-6H,1H3,(H3,16,17,18,19,21). The number of fused-ring (bicyclic) bond motifs is 1. The van der Waals surface area contributed by atoms with Crippen molar-refractivity contribution < 1.29 is 9.84 Å². The Hall–Kier alpha value is -2.67. The summed E-state index contributed by atoms with van der Waals surface area (Å²) >= 11 is 4.79. The topological polar surface area (TPSA) is 90.5 Å². The number of hydrogen-bond donors (Lipinski definition) is 3. The van der Waals surface area contributed by atoms with Crippen LogP contribution in [-0.4, -0.2) is 28.4 Å². The average Bonchev–Trinajstić information content (AvgIpc) is 2.84. The van der Waals surface area contributed by atoms with E-state index in [0.29, 0.717) is 11.3 Å². The minimum absolute atomic E-state index is 0.0711. The van der Waals surface area contributed by atoms with Crippen LogP contribution >= 0.6 is 12.2 Å². The number of aliphatic imine (C=N–C) groups is 1. The first kappa shape index (κ1) is 13.3. The third-order valence-corrected chi connectivity index (χ3v) is 3.32. The Morgan fingerprint density at radius 2 is 2.19 bits per heavy atom. The van der Waals surface area contributed by atoms with E-state index < -0.39 is 5.56 Å². The number of aromatic nitrogens is 2. The van der Waals surface area contributed by atoms with Gasteiger partial charge in [0.25, 0.3) is 5.56 Å². The predicted octanol–water partition coefficient (Wildman–Crippen LogP) is 2.40. The molecular formula is C14H11N3O3S. The van der Waals surface area contributed by atoms with Crippen LogP contribution in [0.25, 0.3) is 11.6 Å². The Labute approximate surface area is 124 Å². The maximum atomic E-state index is 11.9.